The molecule has 2 amide bonds. The molecule has 1 aromatic rings. The molecule has 0 aromatic heterocycles. The van der Waals surface area contributed by atoms with Gasteiger partial charge in [-0.3, -0.25) is 9.59 Å². The third-order valence-electron chi connectivity index (χ3n) is 4.80. The van der Waals surface area contributed by atoms with Gasteiger partial charge in [-0.2, -0.15) is 0 Å². The van der Waals surface area contributed by atoms with E-state index in [0.29, 0.717) is 17.2 Å². The Bertz CT molecular complexity index is 561. The molecule has 1 aliphatic carbocycles. The van der Waals surface area contributed by atoms with Crippen molar-refractivity contribution in [2.24, 2.45) is 5.92 Å². The van der Waals surface area contributed by atoms with E-state index in [-0.39, 0.29) is 23.9 Å². The average Bonchev–Trinajstić information content (AvgIpc) is 2.58. The zero-order valence-corrected chi connectivity index (χ0v) is 10.6. The van der Waals surface area contributed by atoms with Crippen LogP contribution < -0.4 is 5.32 Å². The number of carbonyl (C=O) groups excluding carboxylic acids is 2. The van der Waals surface area contributed by atoms with E-state index < -0.39 is 0 Å². The highest BCUT2D eigenvalue weighted by Crippen LogP contribution is 2.42. The van der Waals surface area contributed by atoms with E-state index >= 15 is 0 Å². The van der Waals surface area contributed by atoms with Crippen LogP contribution in [0, 0.1) is 5.92 Å². The fourth-order valence-corrected chi connectivity index (χ4v) is 3.91. The van der Waals surface area contributed by atoms with Gasteiger partial charge in [0.2, 0.25) is 5.91 Å². The Morgan fingerprint density at radius 3 is 2.58 bits per heavy atom. The molecule has 3 fully saturated rings. The van der Waals surface area contributed by atoms with Gasteiger partial charge in [0.15, 0.2) is 0 Å². The van der Waals surface area contributed by atoms with Gasteiger partial charge in [-0.15, -0.1) is 0 Å². The van der Waals surface area contributed by atoms with E-state index in [9.17, 15) is 9.59 Å². The van der Waals surface area contributed by atoms with E-state index in [1.54, 1.807) is 0 Å². The summed E-state index contributed by atoms with van der Waals surface area (Å²) < 4.78 is 0. The van der Waals surface area contributed by atoms with Crippen molar-refractivity contribution in [3.05, 3.63) is 29.8 Å². The van der Waals surface area contributed by atoms with Crippen molar-refractivity contribution in [2.45, 2.75) is 37.8 Å². The summed E-state index contributed by atoms with van der Waals surface area (Å²) in [6.45, 7) is 0. The Morgan fingerprint density at radius 2 is 1.79 bits per heavy atom. The number of nitrogens with one attached hydrogen (secondary N) is 1. The summed E-state index contributed by atoms with van der Waals surface area (Å²) in [5.74, 6) is 0.351. The van der Waals surface area contributed by atoms with Crippen molar-refractivity contribution in [1.29, 1.82) is 0 Å². The highest BCUT2D eigenvalue weighted by molar-refractivity contribution is 6.10. The summed E-state index contributed by atoms with van der Waals surface area (Å²) in [6.07, 6.45) is 4.23. The van der Waals surface area contributed by atoms with E-state index in [1.165, 1.54) is 0 Å². The molecule has 1 saturated carbocycles. The van der Waals surface area contributed by atoms with Crippen LogP contribution in [0.5, 0.6) is 0 Å². The van der Waals surface area contributed by atoms with Crippen LogP contribution in [0.1, 0.15) is 36.0 Å². The Morgan fingerprint density at radius 1 is 1.05 bits per heavy atom. The molecule has 98 valence electrons. The smallest absolute Gasteiger partial charge is 0.256 e. The Balaban J connectivity index is 1.85. The van der Waals surface area contributed by atoms with Crippen LogP contribution >= 0.6 is 0 Å². The standard InChI is InChI=1S/C15H16N2O2/c18-14-13-9-5-7-10(8-6-9)17(13)15(19)11-3-1-2-4-12(11)16-14/h1-4,9-10,13H,5-8H2,(H,16,18). The zero-order valence-electron chi connectivity index (χ0n) is 10.6. The third kappa shape index (κ3) is 1.46. The topological polar surface area (TPSA) is 49.4 Å². The molecule has 3 aliphatic heterocycles. The van der Waals surface area contributed by atoms with Gasteiger partial charge in [0.1, 0.15) is 6.04 Å². The number of benzene rings is 1. The van der Waals surface area contributed by atoms with Gasteiger partial charge in [-0.05, 0) is 43.7 Å². The molecule has 4 nitrogen and oxygen atoms in total. The van der Waals surface area contributed by atoms with Gasteiger partial charge in [0.25, 0.3) is 5.91 Å². The van der Waals surface area contributed by atoms with Gasteiger partial charge in [0.05, 0.1) is 11.3 Å². The Kier molecular flexibility index (Phi) is 2.22. The van der Waals surface area contributed by atoms with E-state index in [2.05, 4.69) is 5.32 Å². The molecule has 3 heterocycles. The van der Waals surface area contributed by atoms with Gasteiger partial charge >= 0.3 is 0 Å². The van der Waals surface area contributed by atoms with Gasteiger partial charge in [0, 0.05) is 6.04 Å². The lowest BCUT2D eigenvalue weighted by atomic mass is 9.74. The second-order valence-electron chi connectivity index (χ2n) is 5.76. The monoisotopic (exact) mass is 256 g/mol. The number of hydrogen-bond donors (Lipinski definition) is 1. The number of para-hydroxylation sites is 1. The van der Waals surface area contributed by atoms with E-state index in [1.807, 2.05) is 29.2 Å². The average molecular weight is 256 g/mol. The number of nitrogens with zero attached hydrogens (tertiary/aromatic N) is 1. The molecular formula is C15H16N2O2. The minimum absolute atomic E-state index is 0.00676. The lowest BCUT2D eigenvalue weighted by Crippen LogP contribution is -2.60. The molecule has 0 spiro atoms. The van der Waals surface area contributed by atoms with Crippen LogP contribution in [0.25, 0.3) is 0 Å². The van der Waals surface area contributed by atoms with Gasteiger partial charge in [-0.1, -0.05) is 12.1 Å². The molecule has 4 heteroatoms. The lowest BCUT2D eigenvalue weighted by Gasteiger charge is -2.49. The molecule has 2 bridgehead atoms. The quantitative estimate of drug-likeness (QED) is 0.772. The Hall–Kier alpha value is -1.84. The summed E-state index contributed by atoms with van der Waals surface area (Å²) in [5.41, 5.74) is 1.29. The molecule has 1 unspecified atom stereocenters. The highest BCUT2D eigenvalue weighted by atomic mass is 16.2. The van der Waals surface area contributed by atoms with Crippen molar-refractivity contribution in [3.63, 3.8) is 0 Å². The molecule has 2 saturated heterocycles. The minimum atomic E-state index is -0.257. The SMILES string of the molecule is O=C1Nc2ccccc2C(=O)N2C3CCC(CC3)C12. The van der Waals surface area contributed by atoms with Crippen molar-refractivity contribution >= 4 is 17.5 Å². The molecule has 1 atom stereocenters. The summed E-state index contributed by atoms with van der Waals surface area (Å²) in [7, 11) is 0. The molecule has 1 N–H and O–H groups in total. The maximum absolute atomic E-state index is 12.7. The first-order chi connectivity index (χ1) is 9.25. The van der Waals surface area contributed by atoms with Crippen LogP contribution in [-0.2, 0) is 4.79 Å². The van der Waals surface area contributed by atoms with Crippen molar-refractivity contribution in [2.75, 3.05) is 5.32 Å². The summed E-state index contributed by atoms with van der Waals surface area (Å²) >= 11 is 0. The van der Waals surface area contributed by atoms with Crippen LogP contribution in [0.3, 0.4) is 0 Å². The second kappa shape index (κ2) is 3.83. The third-order valence-corrected chi connectivity index (χ3v) is 4.80. The predicted molar refractivity (Wildman–Crippen MR) is 70.8 cm³/mol. The first kappa shape index (κ1) is 11.0. The van der Waals surface area contributed by atoms with Crippen LogP contribution in [0.2, 0.25) is 0 Å². The minimum Gasteiger partial charge on any atom is -0.324 e. The maximum atomic E-state index is 12.7. The Labute approximate surface area is 111 Å². The largest absolute Gasteiger partial charge is 0.324 e. The van der Waals surface area contributed by atoms with Gasteiger partial charge < -0.3 is 10.2 Å². The number of rotatable bonds is 0. The number of piperidine rings is 2. The summed E-state index contributed by atoms with van der Waals surface area (Å²) in [6, 6.07) is 7.32. The predicted octanol–water partition coefficient (Wildman–Crippen LogP) is 2.02. The fourth-order valence-electron chi connectivity index (χ4n) is 3.91. The normalized spacial score (nSPS) is 32.4. The van der Waals surface area contributed by atoms with E-state index in [0.717, 1.165) is 25.7 Å². The number of carbonyl (C=O) groups is 2. The van der Waals surface area contributed by atoms with Crippen molar-refractivity contribution in [1.82, 2.24) is 4.90 Å². The zero-order chi connectivity index (χ0) is 13.0. The number of anilines is 1. The van der Waals surface area contributed by atoms with Crippen LogP contribution in [-0.4, -0.2) is 28.8 Å². The fraction of sp³-hybridized carbons (Fsp3) is 0.467. The molecule has 1 aromatic carbocycles. The second-order valence-corrected chi connectivity index (χ2v) is 5.76. The molecule has 0 radical (unpaired) electrons. The number of amides is 2. The van der Waals surface area contributed by atoms with E-state index in [4.69, 9.17) is 0 Å². The molecule has 5 rings (SSSR count). The first-order valence-corrected chi connectivity index (χ1v) is 6.98. The van der Waals surface area contributed by atoms with Crippen molar-refractivity contribution < 1.29 is 9.59 Å². The maximum Gasteiger partial charge on any atom is 0.256 e. The van der Waals surface area contributed by atoms with Crippen LogP contribution in [0.4, 0.5) is 5.69 Å². The van der Waals surface area contributed by atoms with Crippen LogP contribution in [0.15, 0.2) is 24.3 Å². The highest BCUT2D eigenvalue weighted by Gasteiger charge is 2.49. The molecule has 4 aliphatic rings. The summed E-state index contributed by atoms with van der Waals surface area (Å²) in [4.78, 5) is 27.0. The molecular weight excluding hydrogens is 240 g/mol. The lowest BCUT2D eigenvalue weighted by molar-refractivity contribution is -0.127. The first-order valence-electron chi connectivity index (χ1n) is 6.98. The molecule has 19 heavy (non-hydrogen) atoms. The number of hydrogen-bond acceptors (Lipinski definition) is 2. The summed E-state index contributed by atoms with van der Waals surface area (Å²) in [5, 5.41) is 2.94. The number of fused-ring (bicyclic) bond motifs is 3. The van der Waals surface area contributed by atoms with Crippen molar-refractivity contribution in [3.8, 4) is 0 Å². The van der Waals surface area contributed by atoms with Gasteiger partial charge in [-0.25, -0.2) is 0 Å².